The number of benzene rings is 2. The lowest BCUT2D eigenvalue weighted by atomic mass is 10.1. The molecule has 0 aliphatic heterocycles. The summed E-state index contributed by atoms with van der Waals surface area (Å²) in [6, 6.07) is 16.6. The molecule has 1 aromatic heterocycles. The van der Waals surface area contributed by atoms with Crippen molar-refractivity contribution in [3.8, 4) is 23.6 Å². The summed E-state index contributed by atoms with van der Waals surface area (Å²) in [5, 5.41) is 1.10. The van der Waals surface area contributed by atoms with Gasteiger partial charge in [0.25, 0.3) is 0 Å². The molecule has 0 saturated heterocycles. The first kappa shape index (κ1) is 13.5. The lowest BCUT2D eigenvalue weighted by Crippen LogP contribution is -2.02. The molecule has 0 amide bonds. The number of nitrogens with zero attached hydrogens (tertiary/aromatic N) is 1. The Morgan fingerprint density at radius 1 is 1.14 bits per heavy atom. The monoisotopic (exact) mass is 275 g/mol. The van der Waals surface area contributed by atoms with E-state index in [2.05, 4.69) is 47.7 Å². The van der Waals surface area contributed by atoms with Gasteiger partial charge in [0.15, 0.2) is 0 Å². The molecule has 0 spiro atoms. The van der Waals surface area contributed by atoms with Crippen molar-refractivity contribution in [1.29, 1.82) is 0 Å². The number of methoxy groups -OCH3 is 1. The second-order valence-corrected chi connectivity index (χ2v) is 5.10. The van der Waals surface area contributed by atoms with Gasteiger partial charge in [-0.2, -0.15) is 0 Å². The van der Waals surface area contributed by atoms with Crippen LogP contribution >= 0.6 is 0 Å². The molecule has 0 atom stereocenters. The van der Waals surface area contributed by atoms with E-state index in [1.54, 1.807) is 7.11 Å². The topological polar surface area (TPSA) is 14.2 Å². The minimum Gasteiger partial charge on any atom is -0.364 e. The van der Waals surface area contributed by atoms with Crippen LogP contribution < -0.4 is 0 Å². The van der Waals surface area contributed by atoms with Crippen molar-refractivity contribution >= 4 is 10.9 Å². The molecule has 0 aliphatic carbocycles. The third-order valence-corrected chi connectivity index (χ3v) is 3.67. The summed E-state index contributed by atoms with van der Waals surface area (Å²) in [4.78, 5) is 0. The number of rotatable bonds is 3. The van der Waals surface area contributed by atoms with Gasteiger partial charge >= 0.3 is 0 Å². The zero-order valence-electron chi connectivity index (χ0n) is 12.3. The van der Waals surface area contributed by atoms with E-state index >= 15 is 0 Å². The van der Waals surface area contributed by atoms with Gasteiger partial charge in [0.1, 0.15) is 6.73 Å². The second kappa shape index (κ2) is 5.47. The van der Waals surface area contributed by atoms with E-state index in [0.717, 1.165) is 27.7 Å². The average Bonchev–Trinajstić information content (AvgIpc) is 2.82. The number of ether oxygens (including phenoxy) is 1. The lowest BCUT2D eigenvalue weighted by molar-refractivity contribution is 0.136. The summed E-state index contributed by atoms with van der Waals surface area (Å²) in [6.07, 6.45) is 5.80. The number of terminal acetylenes is 1. The predicted octanol–water partition coefficient (Wildman–Crippen LogP) is 4.20. The minimum atomic E-state index is 0.478. The quantitative estimate of drug-likeness (QED) is 0.653. The molecule has 0 fully saturated rings. The van der Waals surface area contributed by atoms with Crippen molar-refractivity contribution in [1.82, 2.24) is 4.57 Å². The number of fused-ring (bicyclic) bond motifs is 1. The van der Waals surface area contributed by atoms with E-state index in [4.69, 9.17) is 11.2 Å². The third-order valence-electron chi connectivity index (χ3n) is 3.67. The summed E-state index contributed by atoms with van der Waals surface area (Å²) < 4.78 is 7.54. The standard InChI is InChI=1S/C19H17NO/c1-4-16-17-11-10-14(2)12-18(17)20(13-21-3)19(16)15-8-6-5-7-9-15/h1,5-12H,13H2,2-3H3. The van der Waals surface area contributed by atoms with Gasteiger partial charge in [-0.05, 0) is 24.1 Å². The highest BCUT2D eigenvalue weighted by atomic mass is 16.5. The zero-order chi connectivity index (χ0) is 14.8. The SMILES string of the molecule is C#Cc1c(-c2ccccc2)n(COC)c2cc(C)ccc12. The molecule has 0 radical (unpaired) electrons. The van der Waals surface area contributed by atoms with Crippen molar-refractivity contribution < 1.29 is 4.74 Å². The van der Waals surface area contributed by atoms with Gasteiger partial charge in [-0.25, -0.2) is 0 Å². The van der Waals surface area contributed by atoms with Gasteiger partial charge in [0.2, 0.25) is 0 Å². The van der Waals surface area contributed by atoms with Crippen molar-refractivity contribution in [2.45, 2.75) is 13.7 Å². The molecule has 0 aliphatic rings. The first-order valence-corrected chi connectivity index (χ1v) is 6.90. The van der Waals surface area contributed by atoms with Gasteiger partial charge in [-0.3, -0.25) is 0 Å². The summed E-state index contributed by atoms with van der Waals surface area (Å²) in [6.45, 7) is 2.56. The molecular formula is C19H17NO. The van der Waals surface area contributed by atoms with Gasteiger partial charge in [-0.1, -0.05) is 48.4 Å². The Hall–Kier alpha value is -2.50. The highest BCUT2D eigenvalue weighted by Gasteiger charge is 2.17. The molecule has 104 valence electrons. The maximum Gasteiger partial charge on any atom is 0.123 e. The number of hydrogen-bond acceptors (Lipinski definition) is 1. The molecule has 2 heteroatoms. The molecule has 2 nitrogen and oxygen atoms in total. The Kier molecular flexibility index (Phi) is 3.51. The fourth-order valence-electron chi connectivity index (χ4n) is 2.76. The summed E-state index contributed by atoms with van der Waals surface area (Å²) in [7, 11) is 1.70. The maximum atomic E-state index is 5.80. The molecule has 21 heavy (non-hydrogen) atoms. The van der Waals surface area contributed by atoms with Crippen LogP contribution in [0.15, 0.2) is 48.5 Å². The molecule has 3 aromatic rings. The van der Waals surface area contributed by atoms with Crippen LogP contribution in [0, 0.1) is 19.3 Å². The highest BCUT2D eigenvalue weighted by molar-refractivity contribution is 5.95. The number of aromatic nitrogens is 1. The molecular weight excluding hydrogens is 258 g/mol. The van der Waals surface area contributed by atoms with Crippen LogP contribution in [-0.2, 0) is 11.5 Å². The van der Waals surface area contributed by atoms with Crippen LogP contribution in [-0.4, -0.2) is 11.7 Å². The van der Waals surface area contributed by atoms with Crippen LogP contribution in [0.4, 0.5) is 0 Å². The van der Waals surface area contributed by atoms with Crippen molar-refractivity contribution in [2.24, 2.45) is 0 Å². The average molecular weight is 275 g/mol. The maximum absolute atomic E-state index is 5.80. The molecule has 3 rings (SSSR count). The Labute approximate surface area is 125 Å². The van der Waals surface area contributed by atoms with E-state index in [1.807, 2.05) is 18.2 Å². The minimum absolute atomic E-state index is 0.478. The Balaban J connectivity index is 2.41. The third kappa shape index (κ3) is 2.22. The lowest BCUT2D eigenvalue weighted by Gasteiger charge is -2.10. The fraction of sp³-hybridized carbons (Fsp3) is 0.158. The number of hydrogen-bond donors (Lipinski definition) is 0. The summed E-state index contributed by atoms with van der Waals surface area (Å²) in [5.41, 5.74) is 5.40. The van der Waals surface area contributed by atoms with Crippen molar-refractivity contribution in [2.75, 3.05) is 7.11 Å². The number of aryl methyl sites for hydroxylation is 1. The van der Waals surface area contributed by atoms with Crippen LogP contribution in [0.3, 0.4) is 0 Å². The summed E-state index contributed by atoms with van der Waals surface area (Å²) >= 11 is 0. The first-order chi connectivity index (χ1) is 10.3. The van der Waals surface area contributed by atoms with E-state index in [9.17, 15) is 0 Å². The van der Waals surface area contributed by atoms with Crippen LogP contribution in [0.1, 0.15) is 11.1 Å². The predicted molar refractivity (Wildman–Crippen MR) is 87.1 cm³/mol. The van der Waals surface area contributed by atoms with Crippen molar-refractivity contribution in [3.63, 3.8) is 0 Å². The molecule has 0 saturated carbocycles. The normalized spacial score (nSPS) is 10.7. The summed E-state index contributed by atoms with van der Waals surface area (Å²) in [5.74, 6) is 2.86. The first-order valence-electron chi connectivity index (χ1n) is 6.90. The van der Waals surface area contributed by atoms with E-state index in [0.29, 0.717) is 6.73 Å². The zero-order valence-corrected chi connectivity index (χ0v) is 12.3. The smallest absolute Gasteiger partial charge is 0.123 e. The van der Waals surface area contributed by atoms with Crippen LogP contribution in [0.5, 0.6) is 0 Å². The van der Waals surface area contributed by atoms with Crippen LogP contribution in [0.25, 0.3) is 22.2 Å². The van der Waals surface area contributed by atoms with Crippen LogP contribution in [0.2, 0.25) is 0 Å². The second-order valence-electron chi connectivity index (χ2n) is 5.10. The van der Waals surface area contributed by atoms with Gasteiger partial charge in [0, 0.05) is 12.5 Å². The molecule has 2 aromatic carbocycles. The van der Waals surface area contributed by atoms with Gasteiger partial charge in [0.05, 0.1) is 16.8 Å². The molecule has 0 N–H and O–H groups in total. The van der Waals surface area contributed by atoms with E-state index in [-0.39, 0.29) is 0 Å². The van der Waals surface area contributed by atoms with E-state index in [1.165, 1.54) is 5.56 Å². The van der Waals surface area contributed by atoms with Crippen molar-refractivity contribution in [3.05, 3.63) is 59.7 Å². The Morgan fingerprint density at radius 2 is 1.90 bits per heavy atom. The largest absolute Gasteiger partial charge is 0.364 e. The Bertz CT molecular complexity index is 822. The van der Waals surface area contributed by atoms with E-state index < -0.39 is 0 Å². The van der Waals surface area contributed by atoms with Gasteiger partial charge in [-0.15, -0.1) is 6.42 Å². The molecule has 1 heterocycles. The Morgan fingerprint density at radius 3 is 2.57 bits per heavy atom. The highest BCUT2D eigenvalue weighted by Crippen LogP contribution is 2.33. The fourth-order valence-corrected chi connectivity index (χ4v) is 2.76. The van der Waals surface area contributed by atoms with Gasteiger partial charge < -0.3 is 9.30 Å². The molecule has 0 bridgehead atoms. The molecule has 0 unspecified atom stereocenters.